The molecule has 0 bridgehead atoms. The SMILES string of the molecule is Cc1cc(=O)n2nc(-c3ccc(Cl)cc3)nc2n1CC(=O)N1CCN(c2ccc(F)cc2)CC1. The molecule has 8 nitrogen and oxygen atoms in total. The van der Waals surface area contributed by atoms with Crippen LogP contribution in [-0.2, 0) is 11.3 Å². The number of anilines is 1. The fraction of sp³-hybridized carbons (Fsp3) is 0.250. The normalized spacial score (nSPS) is 14.1. The summed E-state index contributed by atoms with van der Waals surface area (Å²) in [6.45, 7) is 4.23. The zero-order valence-corrected chi connectivity index (χ0v) is 19.2. The first-order chi connectivity index (χ1) is 16.4. The fourth-order valence-electron chi connectivity index (χ4n) is 4.12. The van der Waals surface area contributed by atoms with Gasteiger partial charge in [-0.05, 0) is 55.5 Å². The van der Waals surface area contributed by atoms with Crippen LogP contribution in [0.25, 0.3) is 17.2 Å². The Bertz CT molecular complexity index is 1410. The first-order valence-corrected chi connectivity index (χ1v) is 11.3. The second kappa shape index (κ2) is 8.90. The van der Waals surface area contributed by atoms with E-state index in [9.17, 15) is 14.0 Å². The Morgan fingerprint density at radius 1 is 1.03 bits per heavy atom. The number of carbonyl (C=O) groups excluding carboxylic acids is 1. The number of fused-ring (bicyclic) bond motifs is 1. The number of aryl methyl sites for hydroxylation is 1. The molecule has 1 aliphatic rings. The Kier molecular flexibility index (Phi) is 5.79. The van der Waals surface area contributed by atoms with Gasteiger partial charge in [-0.1, -0.05) is 11.6 Å². The molecule has 4 aromatic rings. The van der Waals surface area contributed by atoms with Gasteiger partial charge in [-0.2, -0.15) is 9.50 Å². The third-order valence-corrected chi connectivity index (χ3v) is 6.27. The number of hydrogen-bond acceptors (Lipinski definition) is 5. The van der Waals surface area contributed by atoms with Crippen molar-refractivity contribution >= 4 is 29.0 Å². The molecule has 2 aromatic carbocycles. The van der Waals surface area contributed by atoms with E-state index in [-0.39, 0.29) is 23.8 Å². The maximum Gasteiger partial charge on any atom is 0.275 e. The predicted molar refractivity (Wildman–Crippen MR) is 128 cm³/mol. The summed E-state index contributed by atoms with van der Waals surface area (Å²) in [5.74, 6) is 0.359. The number of hydrogen-bond donors (Lipinski definition) is 0. The highest BCUT2D eigenvalue weighted by molar-refractivity contribution is 6.30. The Morgan fingerprint density at radius 2 is 1.71 bits per heavy atom. The lowest BCUT2D eigenvalue weighted by atomic mass is 10.2. The van der Waals surface area contributed by atoms with Crippen molar-refractivity contribution in [3.05, 3.63) is 81.5 Å². The molecule has 2 aromatic heterocycles. The molecule has 5 rings (SSSR count). The van der Waals surface area contributed by atoms with E-state index in [2.05, 4.69) is 15.0 Å². The molecular formula is C24H22ClFN6O2. The second-order valence-corrected chi connectivity index (χ2v) is 8.64. The maximum absolute atomic E-state index is 13.2. The Labute approximate surface area is 199 Å². The number of aromatic nitrogens is 4. The number of rotatable bonds is 4. The molecule has 1 saturated heterocycles. The number of nitrogens with zero attached hydrogens (tertiary/aromatic N) is 6. The topological polar surface area (TPSA) is 75.7 Å². The average molecular weight is 481 g/mol. The van der Waals surface area contributed by atoms with Crippen LogP contribution >= 0.6 is 11.6 Å². The van der Waals surface area contributed by atoms with Crippen molar-refractivity contribution in [2.45, 2.75) is 13.5 Å². The molecule has 0 radical (unpaired) electrons. The molecule has 174 valence electrons. The summed E-state index contributed by atoms with van der Waals surface area (Å²) >= 11 is 5.97. The summed E-state index contributed by atoms with van der Waals surface area (Å²) in [7, 11) is 0. The average Bonchev–Trinajstić information content (AvgIpc) is 3.29. The summed E-state index contributed by atoms with van der Waals surface area (Å²) in [6, 6.07) is 14.8. The molecule has 0 spiro atoms. The van der Waals surface area contributed by atoms with Crippen molar-refractivity contribution in [1.29, 1.82) is 0 Å². The Balaban J connectivity index is 1.36. The molecule has 0 saturated carbocycles. The van der Waals surface area contributed by atoms with Crippen LogP contribution in [0.1, 0.15) is 5.69 Å². The predicted octanol–water partition coefficient (Wildman–Crippen LogP) is 3.01. The number of amides is 1. The molecule has 1 fully saturated rings. The number of halogens is 2. The minimum atomic E-state index is -0.308. The molecule has 10 heteroatoms. The quantitative estimate of drug-likeness (QED) is 0.449. The van der Waals surface area contributed by atoms with Crippen molar-refractivity contribution in [2.75, 3.05) is 31.1 Å². The molecule has 0 N–H and O–H groups in total. The smallest absolute Gasteiger partial charge is 0.275 e. The van der Waals surface area contributed by atoms with Gasteiger partial charge in [0, 0.05) is 54.2 Å². The summed E-state index contributed by atoms with van der Waals surface area (Å²) in [4.78, 5) is 34.1. The van der Waals surface area contributed by atoms with E-state index in [1.165, 1.54) is 22.7 Å². The minimum absolute atomic E-state index is 0.0465. The lowest BCUT2D eigenvalue weighted by Gasteiger charge is -2.36. The van der Waals surface area contributed by atoms with Gasteiger partial charge in [0.25, 0.3) is 5.56 Å². The van der Waals surface area contributed by atoms with Crippen molar-refractivity contribution in [1.82, 2.24) is 24.1 Å². The van der Waals surface area contributed by atoms with Crippen LogP contribution in [0.15, 0.2) is 59.4 Å². The van der Waals surface area contributed by atoms with E-state index in [0.29, 0.717) is 48.5 Å². The van der Waals surface area contributed by atoms with Gasteiger partial charge in [0.05, 0.1) is 0 Å². The van der Waals surface area contributed by atoms with Crippen LogP contribution in [-0.4, -0.2) is 56.2 Å². The zero-order valence-electron chi connectivity index (χ0n) is 18.5. The lowest BCUT2D eigenvalue weighted by molar-refractivity contribution is -0.132. The van der Waals surface area contributed by atoms with E-state index >= 15 is 0 Å². The summed E-state index contributed by atoms with van der Waals surface area (Å²) in [6.07, 6.45) is 0. The van der Waals surface area contributed by atoms with Crippen LogP contribution in [0.2, 0.25) is 5.02 Å². The van der Waals surface area contributed by atoms with E-state index in [1.54, 1.807) is 52.8 Å². The standard InChI is InChI=1S/C24H22ClFN6O2/c1-16-14-21(33)32-24(27-23(28-32)17-2-4-18(25)5-3-17)31(16)15-22(34)30-12-10-29(11-13-30)20-8-6-19(26)7-9-20/h2-9,14H,10-13,15H2,1H3. The highest BCUT2D eigenvalue weighted by atomic mass is 35.5. The molecule has 3 heterocycles. The van der Waals surface area contributed by atoms with Gasteiger partial charge in [-0.25, -0.2) is 4.39 Å². The largest absolute Gasteiger partial charge is 0.368 e. The molecule has 0 unspecified atom stereocenters. The van der Waals surface area contributed by atoms with Gasteiger partial charge in [-0.15, -0.1) is 5.10 Å². The minimum Gasteiger partial charge on any atom is -0.368 e. The van der Waals surface area contributed by atoms with Crippen LogP contribution in [0.5, 0.6) is 0 Å². The summed E-state index contributed by atoms with van der Waals surface area (Å²) in [5.41, 5.74) is 1.98. The van der Waals surface area contributed by atoms with Crippen LogP contribution < -0.4 is 10.5 Å². The van der Waals surface area contributed by atoms with E-state index < -0.39 is 0 Å². The Hall–Kier alpha value is -3.72. The zero-order chi connectivity index (χ0) is 23.8. The molecule has 1 aliphatic heterocycles. The van der Waals surface area contributed by atoms with Crippen LogP contribution in [0, 0.1) is 12.7 Å². The van der Waals surface area contributed by atoms with Crippen molar-refractivity contribution in [3.8, 4) is 11.4 Å². The van der Waals surface area contributed by atoms with Crippen molar-refractivity contribution in [3.63, 3.8) is 0 Å². The van der Waals surface area contributed by atoms with Gasteiger partial charge < -0.3 is 14.4 Å². The Morgan fingerprint density at radius 3 is 2.38 bits per heavy atom. The second-order valence-electron chi connectivity index (χ2n) is 8.21. The van der Waals surface area contributed by atoms with Crippen molar-refractivity contribution in [2.24, 2.45) is 0 Å². The maximum atomic E-state index is 13.2. The van der Waals surface area contributed by atoms with E-state index in [0.717, 1.165) is 11.3 Å². The van der Waals surface area contributed by atoms with Gasteiger partial charge in [-0.3, -0.25) is 9.59 Å². The number of piperazine rings is 1. The van der Waals surface area contributed by atoms with Gasteiger partial charge in [0.2, 0.25) is 11.7 Å². The third-order valence-electron chi connectivity index (χ3n) is 6.02. The lowest BCUT2D eigenvalue weighted by Crippen LogP contribution is -2.49. The first-order valence-electron chi connectivity index (χ1n) is 10.9. The van der Waals surface area contributed by atoms with E-state index in [1.807, 2.05) is 0 Å². The molecule has 34 heavy (non-hydrogen) atoms. The van der Waals surface area contributed by atoms with Gasteiger partial charge >= 0.3 is 0 Å². The van der Waals surface area contributed by atoms with E-state index in [4.69, 9.17) is 11.6 Å². The van der Waals surface area contributed by atoms with Crippen molar-refractivity contribution < 1.29 is 9.18 Å². The van der Waals surface area contributed by atoms with Crippen LogP contribution in [0.4, 0.5) is 10.1 Å². The molecule has 0 atom stereocenters. The van der Waals surface area contributed by atoms with Gasteiger partial charge in [0.15, 0.2) is 5.82 Å². The van der Waals surface area contributed by atoms with Gasteiger partial charge in [0.1, 0.15) is 12.4 Å². The first kappa shape index (κ1) is 22.1. The number of benzene rings is 2. The molecular weight excluding hydrogens is 459 g/mol. The highest BCUT2D eigenvalue weighted by Crippen LogP contribution is 2.20. The third kappa shape index (κ3) is 4.26. The fourth-order valence-corrected chi connectivity index (χ4v) is 4.25. The monoisotopic (exact) mass is 480 g/mol. The van der Waals surface area contributed by atoms with Crippen LogP contribution in [0.3, 0.4) is 0 Å². The molecule has 1 amide bonds. The summed E-state index contributed by atoms with van der Waals surface area (Å²) < 4.78 is 16.1. The molecule has 0 aliphatic carbocycles. The number of carbonyl (C=O) groups is 1. The summed E-state index contributed by atoms with van der Waals surface area (Å²) in [5, 5.41) is 4.95. The highest BCUT2D eigenvalue weighted by Gasteiger charge is 2.23.